The van der Waals surface area contributed by atoms with Crippen molar-refractivity contribution in [2.24, 2.45) is 0 Å². The Balaban J connectivity index is 2.13. The van der Waals surface area contributed by atoms with E-state index >= 15 is 0 Å². The zero-order valence-electron chi connectivity index (χ0n) is 13.3. The number of carbonyl (C=O) groups is 1. The highest BCUT2D eigenvalue weighted by molar-refractivity contribution is 5.92. The average molecular weight is 339 g/mol. The Labute approximate surface area is 143 Å². The predicted octanol–water partition coefficient (Wildman–Crippen LogP) is 1.99. The standard InChI is InChI=1S/C19H17NO5/c21-7-6-20-11-16(19(24)25)18(23)15-10-13(4-5-17(15)20)8-12-2-1-3-14(22)9-12/h1-5,9-11,21-22H,6-8H2,(H,24,25). The normalized spacial score (nSPS) is 10.9. The Bertz CT molecular complexity index is 1010. The van der Waals surface area contributed by atoms with Gasteiger partial charge in [-0.1, -0.05) is 18.2 Å². The molecule has 1 aromatic heterocycles. The van der Waals surface area contributed by atoms with Crippen molar-refractivity contribution in [1.82, 2.24) is 4.57 Å². The summed E-state index contributed by atoms with van der Waals surface area (Å²) in [6, 6.07) is 12.1. The lowest BCUT2D eigenvalue weighted by Crippen LogP contribution is -2.19. The SMILES string of the molecule is O=C(O)c1cn(CCO)c2ccc(Cc3cccc(O)c3)cc2c1=O. The van der Waals surface area contributed by atoms with Crippen LogP contribution in [0.2, 0.25) is 0 Å². The summed E-state index contributed by atoms with van der Waals surface area (Å²) in [5.41, 5.74) is 1.41. The van der Waals surface area contributed by atoms with E-state index in [1.54, 1.807) is 34.9 Å². The van der Waals surface area contributed by atoms with Crippen molar-refractivity contribution in [2.75, 3.05) is 6.61 Å². The Hall–Kier alpha value is -3.12. The predicted molar refractivity (Wildman–Crippen MR) is 93.2 cm³/mol. The molecular weight excluding hydrogens is 322 g/mol. The van der Waals surface area contributed by atoms with Crippen molar-refractivity contribution in [3.05, 3.63) is 75.6 Å². The maximum atomic E-state index is 12.5. The minimum Gasteiger partial charge on any atom is -0.508 e. The molecule has 0 saturated heterocycles. The van der Waals surface area contributed by atoms with Crippen molar-refractivity contribution in [2.45, 2.75) is 13.0 Å². The topological polar surface area (TPSA) is 99.8 Å². The van der Waals surface area contributed by atoms with E-state index in [0.29, 0.717) is 17.3 Å². The molecule has 0 amide bonds. The molecule has 0 spiro atoms. The Kier molecular flexibility index (Phi) is 4.54. The molecule has 0 fully saturated rings. The smallest absolute Gasteiger partial charge is 0.341 e. The van der Waals surface area contributed by atoms with E-state index in [1.807, 2.05) is 12.1 Å². The lowest BCUT2D eigenvalue weighted by atomic mass is 10.0. The van der Waals surface area contributed by atoms with Gasteiger partial charge in [-0.3, -0.25) is 4.79 Å². The van der Waals surface area contributed by atoms with Crippen LogP contribution in [0.5, 0.6) is 5.75 Å². The van der Waals surface area contributed by atoms with Crippen LogP contribution < -0.4 is 5.43 Å². The fourth-order valence-corrected chi connectivity index (χ4v) is 2.90. The van der Waals surface area contributed by atoms with Crippen LogP contribution in [0.1, 0.15) is 21.5 Å². The number of rotatable bonds is 5. The molecule has 0 saturated carbocycles. The highest BCUT2D eigenvalue weighted by Gasteiger charge is 2.15. The summed E-state index contributed by atoms with van der Waals surface area (Å²) in [6.45, 7) is 0.0328. The summed E-state index contributed by atoms with van der Waals surface area (Å²) in [5, 5.41) is 28.3. The first-order valence-corrected chi connectivity index (χ1v) is 7.77. The van der Waals surface area contributed by atoms with Gasteiger partial charge < -0.3 is 19.9 Å². The van der Waals surface area contributed by atoms with E-state index in [0.717, 1.165) is 11.1 Å². The van der Waals surface area contributed by atoms with Crippen LogP contribution in [-0.4, -0.2) is 32.5 Å². The molecule has 2 aromatic carbocycles. The van der Waals surface area contributed by atoms with Gasteiger partial charge in [0.1, 0.15) is 11.3 Å². The summed E-state index contributed by atoms with van der Waals surface area (Å²) in [4.78, 5) is 23.8. The van der Waals surface area contributed by atoms with Gasteiger partial charge in [0, 0.05) is 18.1 Å². The fraction of sp³-hybridized carbons (Fsp3) is 0.158. The molecule has 0 atom stereocenters. The minimum atomic E-state index is -1.29. The van der Waals surface area contributed by atoms with Gasteiger partial charge in [-0.2, -0.15) is 0 Å². The van der Waals surface area contributed by atoms with Gasteiger partial charge >= 0.3 is 5.97 Å². The Morgan fingerprint density at radius 2 is 1.84 bits per heavy atom. The van der Waals surface area contributed by atoms with E-state index in [4.69, 9.17) is 0 Å². The van der Waals surface area contributed by atoms with Crippen molar-refractivity contribution in [1.29, 1.82) is 0 Å². The van der Waals surface area contributed by atoms with Crippen LogP contribution in [-0.2, 0) is 13.0 Å². The van der Waals surface area contributed by atoms with Gasteiger partial charge in [0.15, 0.2) is 0 Å². The number of hydrogen-bond donors (Lipinski definition) is 3. The minimum absolute atomic E-state index is 0.164. The maximum Gasteiger partial charge on any atom is 0.341 e. The number of carboxylic acids is 1. The first-order chi connectivity index (χ1) is 12.0. The van der Waals surface area contributed by atoms with Crippen molar-refractivity contribution >= 4 is 16.9 Å². The number of carboxylic acid groups (broad SMARTS) is 1. The van der Waals surface area contributed by atoms with Gasteiger partial charge in [0.05, 0.1) is 12.1 Å². The van der Waals surface area contributed by atoms with Gasteiger partial charge in [0.2, 0.25) is 5.43 Å². The molecule has 128 valence electrons. The number of aromatic carboxylic acids is 1. The first-order valence-electron chi connectivity index (χ1n) is 7.77. The second-order valence-electron chi connectivity index (χ2n) is 5.79. The number of aromatic hydroxyl groups is 1. The molecular formula is C19H17NO5. The molecule has 0 aliphatic heterocycles. The number of phenolic OH excluding ortho intramolecular Hbond substituents is 1. The highest BCUT2D eigenvalue weighted by atomic mass is 16.4. The number of benzene rings is 2. The van der Waals surface area contributed by atoms with E-state index < -0.39 is 11.4 Å². The fourth-order valence-electron chi connectivity index (χ4n) is 2.90. The average Bonchev–Trinajstić information content (AvgIpc) is 2.57. The van der Waals surface area contributed by atoms with Crippen LogP contribution in [0.15, 0.2) is 53.5 Å². The molecule has 0 aliphatic carbocycles. The van der Waals surface area contributed by atoms with Crippen LogP contribution in [0, 0.1) is 0 Å². The highest BCUT2D eigenvalue weighted by Crippen LogP contribution is 2.19. The molecule has 0 radical (unpaired) electrons. The number of hydrogen-bond acceptors (Lipinski definition) is 4. The summed E-state index contributed by atoms with van der Waals surface area (Å²) in [5.74, 6) is -1.13. The number of pyridine rings is 1. The number of aromatic nitrogens is 1. The largest absolute Gasteiger partial charge is 0.508 e. The molecule has 25 heavy (non-hydrogen) atoms. The summed E-state index contributed by atoms with van der Waals surface area (Å²) in [7, 11) is 0. The Morgan fingerprint density at radius 3 is 2.52 bits per heavy atom. The number of aliphatic hydroxyl groups excluding tert-OH is 1. The van der Waals surface area contributed by atoms with E-state index in [-0.39, 0.29) is 24.5 Å². The van der Waals surface area contributed by atoms with Gasteiger partial charge in [-0.05, 0) is 41.8 Å². The number of fused-ring (bicyclic) bond motifs is 1. The second kappa shape index (κ2) is 6.78. The molecule has 0 aliphatic rings. The zero-order chi connectivity index (χ0) is 18.0. The van der Waals surface area contributed by atoms with Crippen molar-refractivity contribution < 1.29 is 20.1 Å². The summed E-state index contributed by atoms with van der Waals surface area (Å²) < 4.78 is 1.57. The molecule has 0 unspecified atom stereocenters. The lowest BCUT2D eigenvalue weighted by molar-refractivity contribution is 0.0694. The lowest BCUT2D eigenvalue weighted by Gasteiger charge is -2.12. The third-order valence-corrected chi connectivity index (χ3v) is 4.03. The molecule has 1 heterocycles. The van der Waals surface area contributed by atoms with Crippen LogP contribution >= 0.6 is 0 Å². The molecule has 6 nitrogen and oxygen atoms in total. The second-order valence-corrected chi connectivity index (χ2v) is 5.79. The van der Waals surface area contributed by atoms with E-state index in [2.05, 4.69) is 0 Å². The van der Waals surface area contributed by atoms with Gasteiger partial charge in [0.25, 0.3) is 0 Å². The third-order valence-electron chi connectivity index (χ3n) is 4.03. The monoisotopic (exact) mass is 339 g/mol. The zero-order valence-corrected chi connectivity index (χ0v) is 13.3. The van der Waals surface area contributed by atoms with Gasteiger partial charge in [-0.15, -0.1) is 0 Å². The summed E-state index contributed by atoms with van der Waals surface area (Å²) >= 11 is 0. The molecule has 0 bridgehead atoms. The van der Waals surface area contributed by atoms with E-state index in [1.165, 1.54) is 6.20 Å². The van der Waals surface area contributed by atoms with Crippen LogP contribution in [0.3, 0.4) is 0 Å². The quantitative estimate of drug-likeness (QED) is 0.660. The van der Waals surface area contributed by atoms with Crippen LogP contribution in [0.4, 0.5) is 0 Å². The molecule has 3 rings (SSSR count). The van der Waals surface area contributed by atoms with Crippen molar-refractivity contribution in [3.8, 4) is 5.75 Å². The third kappa shape index (κ3) is 3.39. The van der Waals surface area contributed by atoms with Gasteiger partial charge in [-0.25, -0.2) is 4.79 Å². The molecule has 6 heteroatoms. The van der Waals surface area contributed by atoms with Crippen LogP contribution in [0.25, 0.3) is 10.9 Å². The summed E-state index contributed by atoms with van der Waals surface area (Å²) in [6.07, 6.45) is 1.76. The molecule has 3 N–H and O–H groups in total. The maximum absolute atomic E-state index is 12.5. The number of nitrogens with zero attached hydrogens (tertiary/aromatic N) is 1. The number of phenols is 1. The first kappa shape index (κ1) is 16.7. The van der Waals surface area contributed by atoms with Crippen molar-refractivity contribution in [3.63, 3.8) is 0 Å². The molecule has 3 aromatic rings. The van der Waals surface area contributed by atoms with E-state index in [9.17, 15) is 24.9 Å². The number of aliphatic hydroxyl groups is 1. The Morgan fingerprint density at radius 1 is 1.08 bits per heavy atom.